The molecule has 0 saturated carbocycles. The second kappa shape index (κ2) is 9.57. The van der Waals surface area contributed by atoms with Crippen LogP contribution in [-0.2, 0) is 9.53 Å². The number of amides is 2. The van der Waals surface area contributed by atoms with Crippen molar-refractivity contribution in [3.63, 3.8) is 0 Å². The molecule has 3 N–H and O–H groups in total. The summed E-state index contributed by atoms with van der Waals surface area (Å²) in [6.07, 6.45) is -0.0348. The van der Waals surface area contributed by atoms with Gasteiger partial charge in [0.15, 0.2) is 6.29 Å². The molecular weight excluding hydrogens is 352 g/mol. The van der Waals surface area contributed by atoms with Gasteiger partial charge in [-0.25, -0.2) is 0 Å². The van der Waals surface area contributed by atoms with Gasteiger partial charge < -0.3 is 30.0 Å². The topological polar surface area (TPSA) is 106 Å². The van der Waals surface area contributed by atoms with Crippen LogP contribution in [0.15, 0.2) is 18.2 Å². The number of carbonyl (C=O) groups is 2. The van der Waals surface area contributed by atoms with Crippen molar-refractivity contribution >= 4 is 11.8 Å². The quantitative estimate of drug-likeness (QED) is 0.623. The summed E-state index contributed by atoms with van der Waals surface area (Å²) in [5, 5.41) is 15.3. The number of nitrogens with one attached hydrogen (secondary N) is 2. The molecule has 1 aliphatic rings. The predicted octanol–water partition coefficient (Wildman–Crippen LogP) is 1.07. The first-order valence-electron chi connectivity index (χ1n) is 8.98. The average Bonchev–Trinajstić information content (AvgIpc) is 3.04. The van der Waals surface area contributed by atoms with Gasteiger partial charge in [0.2, 0.25) is 5.91 Å². The van der Waals surface area contributed by atoms with Crippen molar-refractivity contribution in [2.75, 3.05) is 20.8 Å². The average molecular weight is 380 g/mol. The maximum Gasteiger partial charge on any atom is 0.255 e. The van der Waals surface area contributed by atoms with Crippen molar-refractivity contribution < 1.29 is 28.9 Å². The van der Waals surface area contributed by atoms with Gasteiger partial charge in [0.1, 0.15) is 17.5 Å². The van der Waals surface area contributed by atoms with E-state index in [2.05, 4.69) is 10.6 Å². The summed E-state index contributed by atoms with van der Waals surface area (Å²) in [6.45, 7) is 4.32. The summed E-state index contributed by atoms with van der Waals surface area (Å²) in [5.41, 5.74) is 0.309. The summed E-state index contributed by atoms with van der Waals surface area (Å²) in [4.78, 5) is 25.4. The van der Waals surface area contributed by atoms with E-state index in [1.165, 1.54) is 14.2 Å². The number of aliphatic hydroxyl groups is 1. The molecule has 3 atom stereocenters. The first-order chi connectivity index (χ1) is 12.8. The minimum atomic E-state index is -1.02. The zero-order valence-electron chi connectivity index (χ0n) is 16.2. The van der Waals surface area contributed by atoms with E-state index in [-0.39, 0.29) is 11.8 Å². The zero-order valence-corrected chi connectivity index (χ0v) is 16.2. The SMILES string of the molecule is COc1ccc(C(=O)NC(CC(C)C)C(=O)N[C@H]2CCOC2O)c(OC)c1. The van der Waals surface area contributed by atoms with E-state index >= 15 is 0 Å². The Balaban J connectivity index is 2.12. The van der Waals surface area contributed by atoms with Crippen LogP contribution < -0.4 is 20.1 Å². The van der Waals surface area contributed by atoms with E-state index in [1.807, 2.05) is 13.8 Å². The van der Waals surface area contributed by atoms with Gasteiger partial charge in [-0.2, -0.15) is 0 Å². The molecule has 0 spiro atoms. The summed E-state index contributed by atoms with van der Waals surface area (Å²) >= 11 is 0. The second-order valence-corrected chi connectivity index (χ2v) is 6.89. The lowest BCUT2D eigenvalue weighted by Crippen LogP contribution is -2.51. The van der Waals surface area contributed by atoms with Gasteiger partial charge >= 0.3 is 0 Å². The Morgan fingerprint density at radius 1 is 1.30 bits per heavy atom. The lowest BCUT2D eigenvalue weighted by Gasteiger charge is -2.23. The number of carbonyl (C=O) groups excluding carboxylic acids is 2. The van der Waals surface area contributed by atoms with Crippen molar-refractivity contribution in [1.82, 2.24) is 10.6 Å². The van der Waals surface area contributed by atoms with Gasteiger partial charge in [-0.3, -0.25) is 9.59 Å². The summed E-state index contributed by atoms with van der Waals surface area (Å²) in [7, 11) is 2.99. The number of benzene rings is 1. The van der Waals surface area contributed by atoms with E-state index in [0.717, 1.165) is 0 Å². The molecule has 1 aromatic rings. The van der Waals surface area contributed by atoms with Crippen LogP contribution in [0.25, 0.3) is 0 Å². The van der Waals surface area contributed by atoms with Crippen LogP contribution in [0.2, 0.25) is 0 Å². The van der Waals surface area contributed by atoms with Crippen molar-refractivity contribution in [2.24, 2.45) is 5.92 Å². The van der Waals surface area contributed by atoms with Crippen molar-refractivity contribution in [2.45, 2.75) is 45.1 Å². The van der Waals surface area contributed by atoms with Crippen molar-refractivity contribution in [3.8, 4) is 11.5 Å². The largest absolute Gasteiger partial charge is 0.497 e. The molecule has 27 heavy (non-hydrogen) atoms. The number of methoxy groups -OCH3 is 2. The first-order valence-corrected chi connectivity index (χ1v) is 8.98. The molecular formula is C19H28N2O6. The molecule has 1 heterocycles. The van der Waals surface area contributed by atoms with Crippen molar-refractivity contribution in [3.05, 3.63) is 23.8 Å². The standard InChI is InChI=1S/C19H28N2O6/c1-11(2)9-15(18(23)20-14-7-8-27-19(14)24)21-17(22)13-6-5-12(25-3)10-16(13)26-4/h5-6,10-11,14-15,19,24H,7-9H2,1-4H3,(H,20,23)(H,21,22)/t14-,15?,19?/m0/s1. The van der Waals surface area contributed by atoms with Crippen LogP contribution in [0.3, 0.4) is 0 Å². The highest BCUT2D eigenvalue weighted by Gasteiger charge is 2.31. The Morgan fingerprint density at radius 3 is 2.59 bits per heavy atom. The molecule has 150 valence electrons. The normalized spacial score (nSPS) is 20.2. The van der Waals surface area contributed by atoms with E-state index in [4.69, 9.17) is 14.2 Å². The van der Waals surface area contributed by atoms with Gasteiger partial charge in [-0.1, -0.05) is 13.8 Å². The fourth-order valence-corrected chi connectivity index (χ4v) is 2.93. The van der Waals surface area contributed by atoms with Crippen LogP contribution in [0.1, 0.15) is 37.0 Å². The van der Waals surface area contributed by atoms with E-state index in [0.29, 0.717) is 36.5 Å². The molecule has 1 saturated heterocycles. The molecule has 1 aliphatic heterocycles. The van der Waals surface area contributed by atoms with Gasteiger partial charge in [-0.15, -0.1) is 0 Å². The summed E-state index contributed by atoms with van der Waals surface area (Å²) in [5.74, 6) is 0.339. The van der Waals surface area contributed by atoms with Crippen LogP contribution in [-0.4, -0.2) is 56.1 Å². The third-order valence-electron chi connectivity index (χ3n) is 4.37. The Labute approximate surface area is 159 Å². The highest BCUT2D eigenvalue weighted by atomic mass is 16.6. The highest BCUT2D eigenvalue weighted by molar-refractivity contribution is 5.99. The molecule has 8 nitrogen and oxygen atoms in total. The van der Waals surface area contributed by atoms with E-state index in [9.17, 15) is 14.7 Å². The Bertz CT molecular complexity index is 664. The molecule has 2 rings (SSSR count). The summed E-state index contributed by atoms with van der Waals surface area (Å²) in [6, 6.07) is 3.64. The van der Waals surface area contributed by atoms with Gasteiger partial charge in [0.05, 0.1) is 32.4 Å². The summed E-state index contributed by atoms with van der Waals surface area (Å²) < 4.78 is 15.5. The molecule has 8 heteroatoms. The molecule has 0 bridgehead atoms. The highest BCUT2D eigenvalue weighted by Crippen LogP contribution is 2.24. The first kappa shape index (κ1) is 21.0. The molecule has 2 unspecified atom stereocenters. The molecule has 1 aromatic carbocycles. The predicted molar refractivity (Wildman–Crippen MR) is 98.8 cm³/mol. The van der Waals surface area contributed by atoms with E-state index < -0.39 is 24.3 Å². The number of hydrogen-bond acceptors (Lipinski definition) is 6. The van der Waals surface area contributed by atoms with Crippen molar-refractivity contribution in [1.29, 1.82) is 0 Å². The van der Waals surface area contributed by atoms with E-state index in [1.54, 1.807) is 18.2 Å². The fourth-order valence-electron chi connectivity index (χ4n) is 2.93. The maximum absolute atomic E-state index is 12.7. The maximum atomic E-state index is 12.7. The molecule has 0 aromatic heterocycles. The zero-order chi connectivity index (χ0) is 20.0. The van der Waals surface area contributed by atoms with Crippen LogP contribution in [0.4, 0.5) is 0 Å². The monoisotopic (exact) mass is 380 g/mol. The van der Waals surface area contributed by atoms with Crippen LogP contribution in [0, 0.1) is 5.92 Å². The van der Waals surface area contributed by atoms with Gasteiger partial charge in [0, 0.05) is 6.07 Å². The lowest BCUT2D eigenvalue weighted by molar-refractivity contribution is -0.127. The molecule has 0 radical (unpaired) electrons. The minimum absolute atomic E-state index is 0.184. The Morgan fingerprint density at radius 2 is 2.04 bits per heavy atom. The Kier molecular flexibility index (Phi) is 7.44. The number of aliphatic hydroxyl groups excluding tert-OH is 1. The lowest BCUT2D eigenvalue weighted by atomic mass is 10.0. The third-order valence-corrected chi connectivity index (χ3v) is 4.37. The number of rotatable bonds is 8. The number of hydrogen-bond donors (Lipinski definition) is 3. The smallest absolute Gasteiger partial charge is 0.255 e. The second-order valence-electron chi connectivity index (χ2n) is 6.89. The third kappa shape index (κ3) is 5.58. The van der Waals surface area contributed by atoms with Gasteiger partial charge in [-0.05, 0) is 30.9 Å². The Hall–Kier alpha value is -2.32. The molecule has 0 aliphatic carbocycles. The van der Waals surface area contributed by atoms with Crippen LogP contribution >= 0.6 is 0 Å². The minimum Gasteiger partial charge on any atom is -0.497 e. The van der Waals surface area contributed by atoms with Crippen LogP contribution in [0.5, 0.6) is 11.5 Å². The molecule has 1 fully saturated rings. The number of ether oxygens (including phenoxy) is 3. The molecule has 2 amide bonds. The van der Waals surface area contributed by atoms with Gasteiger partial charge in [0.25, 0.3) is 5.91 Å². The fraction of sp³-hybridized carbons (Fsp3) is 0.579.